The maximum atomic E-state index is 11.8. The molecule has 0 aliphatic heterocycles. The van der Waals surface area contributed by atoms with E-state index in [4.69, 9.17) is 4.74 Å². The maximum Gasteiger partial charge on any atom is 0.408 e. The van der Waals surface area contributed by atoms with Crippen LogP contribution in [0.1, 0.15) is 108 Å². The molecule has 0 unspecified atom stereocenters. The molecule has 6 nitrogen and oxygen atoms in total. The van der Waals surface area contributed by atoms with Crippen LogP contribution >= 0.6 is 0 Å². The summed E-state index contributed by atoms with van der Waals surface area (Å²) >= 11 is 0. The van der Waals surface area contributed by atoms with Crippen molar-refractivity contribution in [2.24, 2.45) is 5.92 Å². The Morgan fingerprint density at radius 2 is 1.31 bits per heavy atom. The largest absolute Gasteiger partial charge is 0.480 e. The third kappa shape index (κ3) is 11.0. The minimum absolute atomic E-state index is 0.141. The van der Waals surface area contributed by atoms with Gasteiger partial charge < -0.3 is 20.5 Å². The van der Waals surface area contributed by atoms with Gasteiger partial charge in [-0.2, -0.15) is 0 Å². The number of hydrogen-bond acceptors (Lipinski definition) is 4. The number of carbonyl (C=O) groups is 2. The SMILES string of the molecule is C1CCC(NC2CCCCC2)CC1.O=C(N[C@H](CC1CCCCC1)C(=O)O)OCc1ccccc1. The van der Waals surface area contributed by atoms with E-state index >= 15 is 0 Å². The fourth-order valence-electron chi connectivity index (χ4n) is 5.76. The van der Waals surface area contributed by atoms with Crippen LogP contribution < -0.4 is 10.6 Å². The quantitative estimate of drug-likeness (QED) is 0.386. The van der Waals surface area contributed by atoms with Crippen molar-refractivity contribution in [3.8, 4) is 0 Å². The van der Waals surface area contributed by atoms with Crippen LogP contribution in [0.2, 0.25) is 0 Å². The minimum atomic E-state index is -0.998. The monoisotopic (exact) mass is 486 g/mol. The van der Waals surface area contributed by atoms with Gasteiger partial charge in [-0.05, 0) is 43.6 Å². The van der Waals surface area contributed by atoms with Crippen LogP contribution in [-0.4, -0.2) is 35.3 Å². The summed E-state index contributed by atoms with van der Waals surface area (Å²) in [5, 5.41) is 15.6. The number of carbonyl (C=O) groups excluding carboxylic acids is 1. The summed E-state index contributed by atoms with van der Waals surface area (Å²) < 4.78 is 5.08. The molecule has 0 aromatic heterocycles. The summed E-state index contributed by atoms with van der Waals surface area (Å²) in [6, 6.07) is 10.2. The number of ether oxygens (including phenoxy) is 1. The molecule has 3 N–H and O–H groups in total. The lowest BCUT2D eigenvalue weighted by molar-refractivity contribution is -0.139. The zero-order chi connectivity index (χ0) is 24.7. The number of hydrogen-bond donors (Lipinski definition) is 3. The van der Waals surface area contributed by atoms with Gasteiger partial charge in [0.1, 0.15) is 12.6 Å². The maximum absolute atomic E-state index is 11.8. The van der Waals surface area contributed by atoms with Crippen molar-refractivity contribution < 1.29 is 19.4 Å². The molecule has 4 rings (SSSR count). The van der Waals surface area contributed by atoms with Crippen molar-refractivity contribution in [2.75, 3.05) is 0 Å². The van der Waals surface area contributed by atoms with Gasteiger partial charge in [-0.3, -0.25) is 0 Å². The van der Waals surface area contributed by atoms with E-state index in [2.05, 4.69) is 10.6 Å². The number of carboxylic acids is 1. The van der Waals surface area contributed by atoms with Crippen LogP contribution in [0.15, 0.2) is 30.3 Å². The normalized spacial score (nSPS) is 20.8. The second-order valence-corrected chi connectivity index (χ2v) is 10.7. The molecule has 3 saturated carbocycles. The number of aliphatic carboxylic acids is 1. The smallest absolute Gasteiger partial charge is 0.408 e. The third-order valence-electron chi connectivity index (χ3n) is 7.78. The summed E-state index contributed by atoms with van der Waals surface area (Å²) in [5.74, 6) is -0.619. The molecule has 6 heteroatoms. The molecule has 1 aromatic rings. The van der Waals surface area contributed by atoms with Gasteiger partial charge in [-0.25, -0.2) is 9.59 Å². The molecule has 196 valence electrons. The van der Waals surface area contributed by atoms with E-state index in [1.54, 1.807) is 0 Å². The Kier molecular flexibility index (Phi) is 12.4. The Balaban J connectivity index is 0.000000223. The molecule has 0 radical (unpaired) electrons. The van der Waals surface area contributed by atoms with E-state index in [0.717, 1.165) is 43.3 Å². The Labute approximate surface area is 211 Å². The van der Waals surface area contributed by atoms with Crippen LogP contribution in [0.3, 0.4) is 0 Å². The van der Waals surface area contributed by atoms with Gasteiger partial charge in [0, 0.05) is 12.1 Å². The highest BCUT2D eigenvalue weighted by atomic mass is 16.5. The second-order valence-electron chi connectivity index (χ2n) is 10.7. The van der Waals surface area contributed by atoms with E-state index in [1.165, 1.54) is 70.6 Å². The molecular formula is C29H46N2O4. The first-order valence-electron chi connectivity index (χ1n) is 14.1. The Morgan fingerprint density at radius 1 is 0.800 bits per heavy atom. The summed E-state index contributed by atoms with van der Waals surface area (Å²) in [6.45, 7) is 0.141. The topological polar surface area (TPSA) is 87.7 Å². The number of rotatable bonds is 8. The number of alkyl carbamates (subject to hydrolysis) is 1. The van der Waals surface area contributed by atoms with Gasteiger partial charge in [-0.1, -0.05) is 101 Å². The Hall–Kier alpha value is -2.08. The minimum Gasteiger partial charge on any atom is -0.480 e. The highest BCUT2D eigenvalue weighted by Crippen LogP contribution is 2.27. The van der Waals surface area contributed by atoms with Crippen molar-refractivity contribution >= 4 is 12.1 Å². The van der Waals surface area contributed by atoms with Crippen LogP contribution in [0, 0.1) is 5.92 Å². The van der Waals surface area contributed by atoms with Crippen molar-refractivity contribution in [1.82, 2.24) is 10.6 Å². The molecule has 3 aliphatic carbocycles. The van der Waals surface area contributed by atoms with Gasteiger partial charge >= 0.3 is 12.1 Å². The van der Waals surface area contributed by atoms with Crippen molar-refractivity contribution in [3.63, 3.8) is 0 Å². The molecule has 35 heavy (non-hydrogen) atoms. The zero-order valence-electron chi connectivity index (χ0n) is 21.4. The summed E-state index contributed by atoms with van der Waals surface area (Å²) in [7, 11) is 0. The number of benzene rings is 1. The van der Waals surface area contributed by atoms with Gasteiger partial charge in [-0.15, -0.1) is 0 Å². The van der Waals surface area contributed by atoms with Crippen molar-refractivity contribution in [3.05, 3.63) is 35.9 Å². The highest BCUT2D eigenvalue weighted by molar-refractivity contribution is 5.79. The molecule has 0 saturated heterocycles. The van der Waals surface area contributed by atoms with Gasteiger partial charge in [0.25, 0.3) is 0 Å². The van der Waals surface area contributed by atoms with Crippen molar-refractivity contribution in [2.45, 2.75) is 127 Å². The average Bonchev–Trinajstić information content (AvgIpc) is 2.90. The van der Waals surface area contributed by atoms with Gasteiger partial charge in [0.15, 0.2) is 0 Å². The zero-order valence-corrected chi connectivity index (χ0v) is 21.4. The van der Waals surface area contributed by atoms with Gasteiger partial charge in [0.2, 0.25) is 0 Å². The molecule has 0 bridgehead atoms. The van der Waals surface area contributed by atoms with E-state index in [0.29, 0.717) is 12.3 Å². The molecule has 1 amide bonds. The summed E-state index contributed by atoms with van der Waals surface area (Å²) in [4.78, 5) is 23.1. The fraction of sp³-hybridized carbons (Fsp3) is 0.724. The number of amides is 1. The third-order valence-corrected chi connectivity index (χ3v) is 7.78. The lowest BCUT2D eigenvalue weighted by Crippen LogP contribution is -2.42. The lowest BCUT2D eigenvalue weighted by Gasteiger charge is -2.30. The Morgan fingerprint density at radius 3 is 1.83 bits per heavy atom. The van der Waals surface area contributed by atoms with Crippen LogP contribution in [0.25, 0.3) is 0 Å². The first-order chi connectivity index (χ1) is 17.1. The van der Waals surface area contributed by atoms with E-state index in [-0.39, 0.29) is 6.61 Å². The predicted molar refractivity (Wildman–Crippen MR) is 139 cm³/mol. The fourth-order valence-corrected chi connectivity index (χ4v) is 5.76. The molecule has 3 aliphatic rings. The van der Waals surface area contributed by atoms with Crippen LogP contribution in [-0.2, 0) is 16.1 Å². The molecule has 0 spiro atoms. The molecule has 1 aromatic carbocycles. The summed E-state index contributed by atoms with van der Waals surface area (Å²) in [6.07, 6.45) is 20.0. The lowest BCUT2D eigenvalue weighted by atomic mass is 9.85. The number of carboxylic acid groups (broad SMARTS) is 1. The molecule has 0 heterocycles. The number of nitrogens with one attached hydrogen (secondary N) is 2. The molecular weight excluding hydrogens is 440 g/mol. The second kappa shape index (κ2) is 15.8. The molecule has 3 fully saturated rings. The first-order valence-corrected chi connectivity index (χ1v) is 14.1. The standard InChI is InChI=1S/C17H23NO4.C12H23N/c19-16(20)15(11-13-7-3-1-4-8-13)18-17(21)22-12-14-9-5-2-6-10-14;1-3-7-11(8-4-1)13-12-9-5-2-6-10-12/h2,5-6,9-10,13,15H,1,3-4,7-8,11-12H2,(H,18,21)(H,19,20);11-13H,1-10H2/t15-;/m1./s1. The van der Waals surface area contributed by atoms with E-state index in [9.17, 15) is 14.7 Å². The van der Waals surface area contributed by atoms with Gasteiger partial charge in [0.05, 0.1) is 0 Å². The van der Waals surface area contributed by atoms with Crippen LogP contribution in [0.4, 0.5) is 4.79 Å². The summed E-state index contributed by atoms with van der Waals surface area (Å²) in [5.41, 5.74) is 0.872. The average molecular weight is 487 g/mol. The first kappa shape index (κ1) is 27.5. The van der Waals surface area contributed by atoms with E-state index < -0.39 is 18.1 Å². The Bertz CT molecular complexity index is 707. The molecule has 1 atom stereocenters. The predicted octanol–water partition coefficient (Wildman–Crippen LogP) is 6.58. The highest BCUT2D eigenvalue weighted by Gasteiger charge is 2.26. The van der Waals surface area contributed by atoms with E-state index in [1.807, 2.05) is 30.3 Å². The van der Waals surface area contributed by atoms with Crippen molar-refractivity contribution in [1.29, 1.82) is 0 Å². The van der Waals surface area contributed by atoms with Crippen LogP contribution in [0.5, 0.6) is 0 Å².